The van der Waals surface area contributed by atoms with Gasteiger partial charge in [0.15, 0.2) is 5.82 Å². The Morgan fingerprint density at radius 3 is 2.95 bits per heavy atom. The number of anilines is 1. The fourth-order valence-electron chi connectivity index (χ4n) is 1.97. The van der Waals surface area contributed by atoms with Gasteiger partial charge >= 0.3 is 0 Å². The summed E-state index contributed by atoms with van der Waals surface area (Å²) in [5.41, 5.74) is 0.939. The number of nitrogens with zero attached hydrogens (tertiary/aromatic N) is 3. The van der Waals surface area contributed by atoms with Crippen molar-refractivity contribution in [3.05, 3.63) is 35.5 Å². The molecule has 96 valence electrons. The molecular weight excluding hydrogens is 256 g/mol. The highest BCUT2D eigenvalue weighted by Crippen LogP contribution is 2.30. The summed E-state index contributed by atoms with van der Waals surface area (Å²) in [7, 11) is 0. The van der Waals surface area contributed by atoms with Gasteiger partial charge in [0.2, 0.25) is 0 Å². The molecule has 5 heteroatoms. The largest absolute Gasteiger partial charge is 0.370 e. The molecule has 3 aromatic heterocycles. The van der Waals surface area contributed by atoms with Crippen molar-refractivity contribution < 1.29 is 0 Å². The Labute approximate surface area is 115 Å². The fraction of sp³-hybridized carbons (Fsp3) is 0.214. The van der Waals surface area contributed by atoms with E-state index in [0.717, 1.165) is 34.0 Å². The van der Waals surface area contributed by atoms with Gasteiger partial charge in [-0.15, -0.1) is 11.3 Å². The number of aryl methyl sites for hydroxylation is 1. The highest BCUT2D eigenvalue weighted by molar-refractivity contribution is 7.18. The summed E-state index contributed by atoms with van der Waals surface area (Å²) in [6, 6.07) is 6.00. The summed E-state index contributed by atoms with van der Waals surface area (Å²) < 4.78 is 0. The Hall–Kier alpha value is -2.01. The molecule has 0 bridgehead atoms. The second-order valence-electron chi connectivity index (χ2n) is 4.24. The van der Waals surface area contributed by atoms with Gasteiger partial charge in [-0.2, -0.15) is 0 Å². The van der Waals surface area contributed by atoms with Crippen LogP contribution in [-0.4, -0.2) is 21.5 Å². The zero-order valence-corrected chi connectivity index (χ0v) is 11.7. The van der Waals surface area contributed by atoms with Crippen LogP contribution in [0.5, 0.6) is 0 Å². The predicted molar refractivity (Wildman–Crippen MR) is 79.5 cm³/mol. The third-order valence-electron chi connectivity index (χ3n) is 2.78. The van der Waals surface area contributed by atoms with Crippen molar-refractivity contribution in [3.63, 3.8) is 0 Å². The van der Waals surface area contributed by atoms with Crippen LogP contribution in [0.4, 0.5) is 5.82 Å². The van der Waals surface area contributed by atoms with Crippen molar-refractivity contribution in [2.24, 2.45) is 0 Å². The lowest BCUT2D eigenvalue weighted by molar-refractivity contribution is 1.14. The summed E-state index contributed by atoms with van der Waals surface area (Å²) in [4.78, 5) is 15.6. The van der Waals surface area contributed by atoms with Gasteiger partial charge in [-0.1, -0.05) is 0 Å². The maximum absolute atomic E-state index is 4.64. The molecule has 0 radical (unpaired) electrons. The standard InChI is InChI=1S/C14H14N4S/c1-3-16-13-11-7-9(2)19-14(11)18-12(17-13)10-5-4-6-15-8-10/h4-8H,3H2,1-2H3,(H,16,17,18). The molecular formula is C14H14N4S. The normalized spacial score (nSPS) is 10.8. The number of hydrogen-bond acceptors (Lipinski definition) is 5. The molecule has 0 spiro atoms. The first kappa shape index (κ1) is 12.0. The van der Waals surface area contributed by atoms with Gasteiger partial charge in [0, 0.05) is 29.4 Å². The highest BCUT2D eigenvalue weighted by Gasteiger charge is 2.11. The minimum Gasteiger partial charge on any atom is -0.370 e. The van der Waals surface area contributed by atoms with E-state index in [0.29, 0.717) is 0 Å². The summed E-state index contributed by atoms with van der Waals surface area (Å²) >= 11 is 1.69. The van der Waals surface area contributed by atoms with Gasteiger partial charge in [0.1, 0.15) is 10.6 Å². The number of thiophene rings is 1. The van der Waals surface area contributed by atoms with Crippen molar-refractivity contribution in [1.82, 2.24) is 15.0 Å². The lowest BCUT2D eigenvalue weighted by atomic mass is 10.2. The molecule has 1 N–H and O–H groups in total. The minimum absolute atomic E-state index is 0.721. The highest BCUT2D eigenvalue weighted by atomic mass is 32.1. The molecule has 3 aromatic rings. The van der Waals surface area contributed by atoms with E-state index in [1.807, 2.05) is 12.1 Å². The van der Waals surface area contributed by atoms with Gasteiger partial charge < -0.3 is 5.32 Å². The van der Waals surface area contributed by atoms with Crippen molar-refractivity contribution in [2.45, 2.75) is 13.8 Å². The first-order chi connectivity index (χ1) is 9.28. The third-order valence-corrected chi connectivity index (χ3v) is 3.72. The molecule has 3 heterocycles. The molecule has 0 atom stereocenters. The minimum atomic E-state index is 0.721. The predicted octanol–water partition coefficient (Wildman–Crippen LogP) is 3.49. The van der Waals surface area contributed by atoms with E-state index in [2.05, 4.69) is 40.2 Å². The zero-order valence-electron chi connectivity index (χ0n) is 10.8. The van der Waals surface area contributed by atoms with Crippen LogP contribution in [0.3, 0.4) is 0 Å². The summed E-state index contributed by atoms with van der Waals surface area (Å²) in [5, 5.41) is 4.40. The topological polar surface area (TPSA) is 50.7 Å². The molecule has 0 aliphatic carbocycles. The van der Waals surface area contributed by atoms with Crippen LogP contribution in [0.1, 0.15) is 11.8 Å². The lowest BCUT2D eigenvalue weighted by Crippen LogP contribution is -2.01. The summed E-state index contributed by atoms with van der Waals surface area (Å²) in [5.74, 6) is 1.62. The molecule has 0 unspecified atom stereocenters. The Kier molecular flexibility index (Phi) is 3.13. The summed E-state index contributed by atoms with van der Waals surface area (Å²) in [6.07, 6.45) is 3.54. The van der Waals surface area contributed by atoms with Crippen LogP contribution in [0.15, 0.2) is 30.6 Å². The van der Waals surface area contributed by atoms with Gasteiger partial charge in [-0.05, 0) is 32.0 Å². The second-order valence-corrected chi connectivity index (χ2v) is 5.48. The fourth-order valence-corrected chi connectivity index (χ4v) is 2.85. The van der Waals surface area contributed by atoms with Gasteiger partial charge in [-0.3, -0.25) is 4.98 Å². The SMILES string of the molecule is CCNc1nc(-c2cccnc2)nc2sc(C)cc12. The zero-order chi connectivity index (χ0) is 13.2. The molecule has 0 aliphatic heterocycles. The molecule has 0 aliphatic rings. The smallest absolute Gasteiger partial charge is 0.164 e. The van der Waals surface area contributed by atoms with E-state index in [9.17, 15) is 0 Å². The lowest BCUT2D eigenvalue weighted by Gasteiger charge is -2.06. The number of fused-ring (bicyclic) bond motifs is 1. The van der Waals surface area contributed by atoms with Crippen LogP contribution < -0.4 is 5.32 Å². The second kappa shape index (κ2) is 4.93. The van der Waals surface area contributed by atoms with Crippen molar-refractivity contribution in [1.29, 1.82) is 0 Å². The quantitative estimate of drug-likeness (QED) is 0.791. The molecule has 0 saturated heterocycles. The molecule has 0 saturated carbocycles. The Morgan fingerprint density at radius 1 is 1.32 bits per heavy atom. The van der Waals surface area contributed by atoms with E-state index < -0.39 is 0 Å². The van der Waals surface area contributed by atoms with Crippen LogP contribution in [0, 0.1) is 6.92 Å². The van der Waals surface area contributed by atoms with Crippen molar-refractivity contribution in [2.75, 3.05) is 11.9 Å². The Bertz CT molecular complexity index is 706. The van der Waals surface area contributed by atoms with Gasteiger partial charge in [-0.25, -0.2) is 9.97 Å². The Balaban J connectivity index is 2.21. The molecule has 19 heavy (non-hydrogen) atoms. The van der Waals surface area contributed by atoms with E-state index in [-0.39, 0.29) is 0 Å². The average Bonchev–Trinajstić information content (AvgIpc) is 2.80. The molecule has 0 aromatic carbocycles. The first-order valence-corrected chi connectivity index (χ1v) is 7.02. The van der Waals surface area contributed by atoms with Gasteiger partial charge in [0.05, 0.1) is 5.39 Å². The van der Waals surface area contributed by atoms with Crippen LogP contribution >= 0.6 is 11.3 Å². The molecule has 4 nitrogen and oxygen atoms in total. The number of rotatable bonds is 3. The van der Waals surface area contributed by atoms with Crippen molar-refractivity contribution >= 4 is 27.4 Å². The number of nitrogens with one attached hydrogen (secondary N) is 1. The first-order valence-electron chi connectivity index (χ1n) is 6.20. The third kappa shape index (κ3) is 2.29. The summed E-state index contributed by atoms with van der Waals surface area (Å²) in [6.45, 7) is 5.00. The van der Waals surface area contributed by atoms with Crippen LogP contribution in [0.25, 0.3) is 21.6 Å². The van der Waals surface area contributed by atoms with Gasteiger partial charge in [0.25, 0.3) is 0 Å². The maximum Gasteiger partial charge on any atom is 0.164 e. The number of pyridine rings is 1. The maximum atomic E-state index is 4.64. The number of hydrogen-bond donors (Lipinski definition) is 1. The van der Waals surface area contributed by atoms with E-state index in [1.165, 1.54) is 4.88 Å². The van der Waals surface area contributed by atoms with E-state index >= 15 is 0 Å². The Morgan fingerprint density at radius 2 is 2.21 bits per heavy atom. The molecule has 0 fully saturated rings. The number of aromatic nitrogens is 3. The monoisotopic (exact) mass is 270 g/mol. The van der Waals surface area contributed by atoms with Crippen molar-refractivity contribution in [3.8, 4) is 11.4 Å². The van der Waals surface area contributed by atoms with E-state index in [4.69, 9.17) is 0 Å². The molecule has 0 amide bonds. The average molecular weight is 270 g/mol. The van der Waals surface area contributed by atoms with Crippen LogP contribution in [-0.2, 0) is 0 Å². The molecule has 3 rings (SSSR count). The van der Waals surface area contributed by atoms with E-state index in [1.54, 1.807) is 23.7 Å². The van der Waals surface area contributed by atoms with Crippen LogP contribution in [0.2, 0.25) is 0 Å².